The summed E-state index contributed by atoms with van der Waals surface area (Å²) in [5.74, 6) is -2.35. The van der Waals surface area contributed by atoms with Crippen LogP contribution < -0.4 is 5.32 Å². The van der Waals surface area contributed by atoms with E-state index in [4.69, 9.17) is 16.7 Å². The topological polar surface area (TPSA) is 66.4 Å². The fourth-order valence-corrected chi connectivity index (χ4v) is 1.92. The molecular weight excluding hydrogens is 297 g/mol. The Morgan fingerprint density at radius 2 is 1.95 bits per heavy atom. The minimum absolute atomic E-state index is 0.0992. The van der Waals surface area contributed by atoms with Gasteiger partial charge in [0, 0.05) is 11.6 Å². The summed E-state index contributed by atoms with van der Waals surface area (Å²) in [6, 6.07) is 9.92. The molecule has 0 radical (unpaired) electrons. The van der Waals surface area contributed by atoms with Gasteiger partial charge in [-0.15, -0.1) is 0 Å². The first-order valence-corrected chi connectivity index (χ1v) is 6.40. The lowest BCUT2D eigenvalue weighted by atomic mass is 10.1. The molecule has 0 bridgehead atoms. The summed E-state index contributed by atoms with van der Waals surface area (Å²) in [7, 11) is 0. The molecule has 2 N–H and O–H groups in total. The van der Waals surface area contributed by atoms with Crippen LogP contribution in [0.3, 0.4) is 0 Å². The van der Waals surface area contributed by atoms with Crippen LogP contribution in [-0.4, -0.2) is 17.0 Å². The van der Waals surface area contributed by atoms with Crippen molar-refractivity contribution >= 4 is 23.5 Å². The van der Waals surface area contributed by atoms with Crippen molar-refractivity contribution in [2.24, 2.45) is 0 Å². The molecule has 2 aromatic rings. The van der Waals surface area contributed by atoms with Crippen LogP contribution >= 0.6 is 11.6 Å². The van der Waals surface area contributed by atoms with Crippen molar-refractivity contribution in [3.63, 3.8) is 0 Å². The van der Waals surface area contributed by atoms with Gasteiger partial charge in [0.25, 0.3) is 5.91 Å². The van der Waals surface area contributed by atoms with Crippen molar-refractivity contribution in [3.8, 4) is 0 Å². The Balaban J connectivity index is 2.07. The highest BCUT2D eigenvalue weighted by Gasteiger charge is 2.12. The monoisotopic (exact) mass is 307 g/mol. The lowest BCUT2D eigenvalue weighted by Gasteiger charge is -2.07. The molecular formula is C15H11ClFNO3. The van der Waals surface area contributed by atoms with Crippen LogP contribution in [-0.2, 0) is 6.54 Å². The van der Waals surface area contributed by atoms with Gasteiger partial charge in [0.1, 0.15) is 5.82 Å². The van der Waals surface area contributed by atoms with E-state index in [0.29, 0.717) is 5.56 Å². The third-order valence-corrected chi connectivity index (χ3v) is 3.04. The predicted molar refractivity (Wildman–Crippen MR) is 76.0 cm³/mol. The maximum absolute atomic E-state index is 13.6. The maximum Gasteiger partial charge on any atom is 0.335 e. The minimum Gasteiger partial charge on any atom is -0.478 e. The molecule has 0 spiro atoms. The molecule has 0 saturated carbocycles. The van der Waals surface area contributed by atoms with E-state index in [2.05, 4.69) is 5.32 Å². The van der Waals surface area contributed by atoms with Gasteiger partial charge in [-0.2, -0.15) is 0 Å². The zero-order valence-corrected chi connectivity index (χ0v) is 11.5. The van der Waals surface area contributed by atoms with Crippen LogP contribution in [0.25, 0.3) is 0 Å². The fourth-order valence-electron chi connectivity index (χ4n) is 1.77. The van der Waals surface area contributed by atoms with Gasteiger partial charge in [-0.1, -0.05) is 23.7 Å². The first-order valence-electron chi connectivity index (χ1n) is 6.03. The second-order valence-electron chi connectivity index (χ2n) is 4.31. The number of hydrogen-bond donors (Lipinski definition) is 2. The quantitative estimate of drug-likeness (QED) is 0.912. The zero-order chi connectivity index (χ0) is 15.4. The summed E-state index contributed by atoms with van der Waals surface area (Å²) < 4.78 is 13.6. The van der Waals surface area contributed by atoms with Gasteiger partial charge in [0.15, 0.2) is 0 Å². The van der Waals surface area contributed by atoms with Crippen molar-refractivity contribution in [2.45, 2.75) is 6.54 Å². The molecule has 2 aromatic carbocycles. The first-order chi connectivity index (χ1) is 9.97. The molecule has 0 heterocycles. The highest BCUT2D eigenvalue weighted by Crippen LogP contribution is 2.14. The van der Waals surface area contributed by atoms with Gasteiger partial charge in [0.2, 0.25) is 0 Å². The number of carboxylic acids is 1. The van der Waals surface area contributed by atoms with Crippen molar-refractivity contribution in [1.29, 1.82) is 0 Å². The van der Waals surface area contributed by atoms with Crippen LogP contribution in [0.2, 0.25) is 5.02 Å². The normalized spacial score (nSPS) is 10.2. The Kier molecular flexibility index (Phi) is 4.55. The number of halogens is 2. The van der Waals surface area contributed by atoms with Crippen molar-refractivity contribution in [3.05, 3.63) is 70.0 Å². The third-order valence-electron chi connectivity index (χ3n) is 2.80. The van der Waals surface area contributed by atoms with Gasteiger partial charge in [-0.25, -0.2) is 9.18 Å². The summed E-state index contributed by atoms with van der Waals surface area (Å²) in [6.07, 6.45) is 0. The Labute approximate surface area is 125 Å². The molecule has 4 nitrogen and oxygen atoms in total. The van der Waals surface area contributed by atoms with E-state index < -0.39 is 17.7 Å². The molecule has 108 valence electrons. The summed E-state index contributed by atoms with van der Waals surface area (Å²) in [5, 5.41) is 11.6. The predicted octanol–water partition coefficient (Wildman–Crippen LogP) is 3.11. The average molecular weight is 308 g/mol. The van der Waals surface area contributed by atoms with Crippen LogP contribution in [0.4, 0.5) is 4.39 Å². The van der Waals surface area contributed by atoms with Gasteiger partial charge in [-0.05, 0) is 35.9 Å². The number of hydrogen-bond acceptors (Lipinski definition) is 2. The van der Waals surface area contributed by atoms with Crippen LogP contribution in [0.1, 0.15) is 26.3 Å². The molecule has 2 rings (SSSR count). The zero-order valence-electron chi connectivity index (χ0n) is 10.8. The van der Waals surface area contributed by atoms with E-state index in [1.54, 1.807) is 12.1 Å². The average Bonchev–Trinajstić information content (AvgIpc) is 2.45. The number of aromatic carboxylic acids is 1. The van der Waals surface area contributed by atoms with E-state index >= 15 is 0 Å². The summed E-state index contributed by atoms with van der Waals surface area (Å²) in [4.78, 5) is 22.7. The molecule has 21 heavy (non-hydrogen) atoms. The molecule has 0 saturated heterocycles. The molecule has 0 aromatic heterocycles. The second kappa shape index (κ2) is 6.37. The van der Waals surface area contributed by atoms with E-state index in [1.807, 2.05) is 0 Å². The molecule has 0 aliphatic rings. The van der Waals surface area contributed by atoms with E-state index in [9.17, 15) is 14.0 Å². The summed E-state index contributed by atoms with van der Waals surface area (Å²) in [5.41, 5.74) is 0.617. The van der Waals surface area contributed by atoms with Gasteiger partial charge in [-0.3, -0.25) is 4.79 Å². The summed E-state index contributed by atoms with van der Waals surface area (Å²) in [6.45, 7) is 0.0992. The standard InChI is InChI=1S/C15H11ClFNO3/c16-11-4-5-12(13(17)7-11)14(19)18-8-9-2-1-3-10(6-9)15(20)21/h1-7H,8H2,(H,18,19)(H,20,21). The Morgan fingerprint density at radius 3 is 2.62 bits per heavy atom. The number of nitrogens with one attached hydrogen (secondary N) is 1. The molecule has 0 aliphatic carbocycles. The highest BCUT2D eigenvalue weighted by atomic mass is 35.5. The second-order valence-corrected chi connectivity index (χ2v) is 4.75. The van der Waals surface area contributed by atoms with Gasteiger partial charge >= 0.3 is 5.97 Å². The van der Waals surface area contributed by atoms with Crippen molar-refractivity contribution < 1.29 is 19.1 Å². The fraction of sp³-hybridized carbons (Fsp3) is 0.0667. The molecule has 0 atom stereocenters. The molecule has 0 fully saturated rings. The van der Waals surface area contributed by atoms with Gasteiger partial charge in [0.05, 0.1) is 11.1 Å². The van der Waals surface area contributed by atoms with E-state index in [-0.39, 0.29) is 22.7 Å². The lowest BCUT2D eigenvalue weighted by molar-refractivity contribution is 0.0696. The number of benzene rings is 2. The number of rotatable bonds is 4. The molecule has 6 heteroatoms. The number of carbonyl (C=O) groups is 2. The number of carbonyl (C=O) groups excluding carboxylic acids is 1. The third kappa shape index (κ3) is 3.79. The highest BCUT2D eigenvalue weighted by molar-refractivity contribution is 6.30. The van der Waals surface area contributed by atoms with Crippen LogP contribution in [0.5, 0.6) is 0 Å². The lowest BCUT2D eigenvalue weighted by Crippen LogP contribution is -2.23. The van der Waals surface area contributed by atoms with E-state index in [1.165, 1.54) is 24.3 Å². The smallest absolute Gasteiger partial charge is 0.335 e. The Morgan fingerprint density at radius 1 is 1.19 bits per heavy atom. The Hall–Kier alpha value is -2.40. The van der Waals surface area contributed by atoms with Crippen molar-refractivity contribution in [1.82, 2.24) is 5.32 Å². The number of amides is 1. The number of carboxylic acid groups (broad SMARTS) is 1. The molecule has 1 amide bonds. The molecule has 0 aliphatic heterocycles. The van der Waals surface area contributed by atoms with Crippen LogP contribution in [0.15, 0.2) is 42.5 Å². The van der Waals surface area contributed by atoms with Gasteiger partial charge < -0.3 is 10.4 Å². The largest absolute Gasteiger partial charge is 0.478 e. The maximum atomic E-state index is 13.6. The first kappa shape index (κ1) is 15.0. The minimum atomic E-state index is -1.05. The van der Waals surface area contributed by atoms with Crippen molar-refractivity contribution in [2.75, 3.05) is 0 Å². The van der Waals surface area contributed by atoms with Crippen LogP contribution in [0, 0.1) is 5.82 Å². The van der Waals surface area contributed by atoms with E-state index in [0.717, 1.165) is 6.07 Å². The SMILES string of the molecule is O=C(O)c1cccc(CNC(=O)c2ccc(Cl)cc2F)c1. The molecule has 0 unspecified atom stereocenters. The Bertz CT molecular complexity index is 703. The summed E-state index contributed by atoms with van der Waals surface area (Å²) >= 11 is 5.61.